The van der Waals surface area contributed by atoms with E-state index in [-0.39, 0.29) is 11.7 Å². The first-order valence-corrected chi connectivity index (χ1v) is 8.02. The average Bonchev–Trinajstić information content (AvgIpc) is 3.12. The Hall–Kier alpha value is -3.21. The Morgan fingerprint density at radius 1 is 1.16 bits per heavy atom. The summed E-state index contributed by atoms with van der Waals surface area (Å²) in [6, 6.07) is 15.6. The van der Waals surface area contributed by atoms with Crippen molar-refractivity contribution in [1.29, 1.82) is 0 Å². The highest BCUT2D eigenvalue weighted by molar-refractivity contribution is 6.03. The predicted octanol–water partition coefficient (Wildman–Crippen LogP) is 4.08. The van der Waals surface area contributed by atoms with Crippen LogP contribution in [0.5, 0.6) is 0 Å². The predicted molar refractivity (Wildman–Crippen MR) is 97.0 cm³/mol. The quantitative estimate of drug-likeness (QED) is 0.659. The van der Waals surface area contributed by atoms with E-state index in [0.717, 1.165) is 11.3 Å². The molecule has 0 N–H and O–H groups in total. The zero-order valence-corrected chi connectivity index (χ0v) is 13.8. The van der Waals surface area contributed by atoms with Crippen LogP contribution in [0.25, 0.3) is 11.8 Å². The van der Waals surface area contributed by atoms with Gasteiger partial charge in [-0.2, -0.15) is 5.10 Å². The van der Waals surface area contributed by atoms with Gasteiger partial charge in [-0.3, -0.25) is 4.79 Å². The largest absolute Gasteiger partial charge is 0.309 e. The van der Waals surface area contributed by atoms with E-state index in [1.165, 1.54) is 18.2 Å². The van der Waals surface area contributed by atoms with E-state index in [1.807, 2.05) is 43.5 Å². The first-order valence-electron chi connectivity index (χ1n) is 8.02. The molecule has 1 amide bonds. The van der Waals surface area contributed by atoms with Gasteiger partial charge >= 0.3 is 0 Å². The molecule has 126 valence electrons. The van der Waals surface area contributed by atoms with Crippen LogP contribution >= 0.6 is 0 Å². The third-order valence-corrected chi connectivity index (χ3v) is 3.76. The van der Waals surface area contributed by atoms with Crippen LogP contribution in [0.2, 0.25) is 0 Å². The average molecular weight is 335 g/mol. The summed E-state index contributed by atoms with van der Waals surface area (Å²) in [4.78, 5) is 14.0. The smallest absolute Gasteiger partial charge is 0.250 e. The van der Waals surface area contributed by atoms with Crippen molar-refractivity contribution in [3.05, 3.63) is 84.4 Å². The van der Waals surface area contributed by atoms with Gasteiger partial charge in [-0.1, -0.05) is 18.2 Å². The number of amides is 1. The summed E-state index contributed by atoms with van der Waals surface area (Å²) in [5.41, 5.74) is 2.45. The highest BCUT2D eigenvalue weighted by Crippen LogP contribution is 2.16. The molecule has 0 unspecified atom stereocenters. The SMILES string of the molecule is CCN(C(=O)/C=C/c1cnn(-c2ccccc2)c1)c1ccc(F)cc1. The summed E-state index contributed by atoms with van der Waals surface area (Å²) in [7, 11) is 0. The van der Waals surface area contributed by atoms with Gasteiger partial charge in [0, 0.05) is 30.1 Å². The molecule has 0 atom stereocenters. The molecule has 1 aromatic heterocycles. The number of carbonyl (C=O) groups excluding carboxylic acids is 1. The topological polar surface area (TPSA) is 38.1 Å². The molecular weight excluding hydrogens is 317 g/mol. The molecule has 0 aliphatic heterocycles. The molecule has 0 bridgehead atoms. The lowest BCUT2D eigenvalue weighted by Crippen LogP contribution is -2.28. The highest BCUT2D eigenvalue weighted by Gasteiger charge is 2.11. The van der Waals surface area contributed by atoms with E-state index in [0.29, 0.717) is 12.2 Å². The fourth-order valence-electron chi connectivity index (χ4n) is 2.49. The Balaban J connectivity index is 1.73. The van der Waals surface area contributed by atoms with Crippen molar-refractivity contribution in [2.75, 3.05) is 11.4 Å². The molecular formula is C20H18FN3O. The van der Waals surface area contributed by atoms with Crippen molar-refractivity contribution in [3.63, 3.8) is 0 Å². The number of hydrogen-bond donors (Lipinski definition) is 0. The molecule has 4 nitrogen and oxygen atoms in total. The summed E-state index contributed by atoms with van der Waals surface area (Å²) in [5, 5.41) is 4.30. The van der Waals surface area contributed by atoms with Crippen molar-refractivity contribution in [3.8, 4) is 5.69 Å². The lowest BCUT2D eigenvalue weighted by atomic mass is 10.2. The maximum Gasteiger partial charge on any atom is 0.250 e. The van der Waals surface area contributed by atoms with Crippen LogP contribution in [0.3, 0.4) is 0 Å². The number of benzene rings is 2. The number of halogens is 1. The van der Waals surface area contributed by atoms with Crippen molar-refractivity contribution >= 4 is 17.7 Å². The van der Waals surface area contributed by atoms with Crippen molar-refractivity contribution in [1.82, 2.24) is 9.78 Å². The summed E-state index contributed by atoms with van der Waals surface area (Å²) in [5.74, 6) is -0.488. The molecule has 0 spiro atoms. The molecule has 2 aromatic carbocycles. The number of likely N-dealkylation sites (N-methyl/N-ethyl adjacent to an activating group) is 1. The first kappa shape index (κ1) is 16.6. The third-order valence-electron chi connectivity index (χ3n) is 3.76. The minimum Gasteiger partial charge on any atom is -0.309 e. The second-order valence-corrected chi connectivity index (χ2v) is 5.45. The molecule has 1 heterocycles. The molecule has 0 saturated heterocycles. The standard InChI is InChI=1S/C20H18FN3O/c1-2-23(18-11-9-17(21)10-12-18)20(25)13-8-16-14-22-24(15-16)19-6-4-3-5-7-19/h3-15H,2H2,1H3/b13-8+. The Morgan fingerprint density at radius 2 is 1.88 bits per heavy atom. The number of nitrogens with zero attached hydrogens (tertiary/aromatic N) is 3. The van der Waals surface area contributed by atoms with Gasteiger partial charge < -0.3 is 4.90 Å². The Bertz CT molecular complexity index is 869. The van der Waals surface area contributed by atoms with E-state index in [2.05, 4.69) is 5.10 Å². The van der Waals surface area contributed by atoms with Crippen LogP contribution in [0.4, 0.5) is 10.1 Å². The maximum absolute atomic E-state index is 13.0. The van der Waals surface area contributed by atoms with Gasteiger partial charge in [0.2, 0.25) is 0 Å². The molecule has 0 radical (unpaired) electrons. The Morgan fingerprint density at radius 3 is 2.56 bits per heavy atom. The van der Waals surface area contributed by atoms with Crippen LogP contribution in [-0.2, 0) is 4.79 Å². The first-order chi connectivity index (χ1) is 12.2. The molecule has 0 aliphatic carbocycles. The maximum atomic E-state index is 13.0. The number of carbonyl (C=O) groups is 1. The zero-order chi connectivity index (χ0) is 17.6. The van der Waals surface area contributed by atoms with E-state index >= 15 is 0 Å². The molecule has 25 heavy (non-hydrogen) atoms. The van der Waals surface area contributed by atoms with E-state index in [1.54, 1.807) is 34.0 Å². The van der Waals surface area contributed by atoms with Crippen LogP contribution in [0.15, 0.2) is 73.1 Å². The lowest BCUT2D eigenvalue weighted by Gasteiger charge is -2.19. The summed E-state index contributed by atoms with van der Waals surface area (Å²) in [6.45, 7) is 2.38. The Kier molecular flexibility index (Phi) is 5.04. The normalized spacial score (nSPS) is 11.0. The molecule has 0 saturated carbocycles. The van der Waals surface area contributed by atoms with Gasteiger partial charge in [0.15, 0.2) is 0 Å². The Labute approximate surface area is 145 Å². The molecule has 5 heteroatoms. The summed E-state index contributed by atoms with van der Waals surface area (Å²) >= 11 is 0. The van der Waals surface area contributed by atoms with Crippen LogP contribution < -0.4 is 4.90 Å². The van der Waals surface area contributed by atoms with Gasteiger partial charge in [0.1, 0.15) is 5.82 Å². The second-order valence-electron chi connectivity index (χ2n) is 5.45. The number of para-hydroxylation sites is 1. The molecule has 3 rings (SSSR count). The van der Waals surface area contributed by atoms with Crippen LogP contribution in [0.1, 0.15) is 12.5 Å². The fourth-order valence-corrected chi connectivity index (χ4v) is 2.49. The molecule has 0 fully saturated rings. The lowest BCUT2D eigenvalue weighted by molar-refractivity contribution is -0.114. The minimum absolute atomic E-state index is 0.165. The summed E-state index contributed by atoms with van der Waals surface area (Å²) < 4.78 is 14.8. The number of rotatable bonds is 5. The van der Waals surface area contributed by atoms with E-state index in [4.69, 9.17) is 0 Å². The minimum atomic E-state index is -0.323. The van der Waals surface area contributed by atoms with E-state index < -0.39 is 0 Å². The van der Waals surface area contributed by atoms with Gasteiger partial charge in [-0.25, -0.2) is 9.07 Å². The van der Waals surface area contributed by atoms with Crippen molar-refractivity contribution < 1.29 is 9.18 Å². The summed E-state index contributed by atoms with van der Waals surface area (Å²) in [6.07, 6.45) is 6.78. The van der Waals surface area contributed by atoms with Gasteiger partial charge in [0.25, 0.3) is 5.91 Å². The highest BCUT2D eigenvalue weighted by atomic mass is 19.1. The van der Waals surface area contributed by atoms with Crippen molar-refractivity contribution in [2.24, 2.45) is 0 Å². The van der Waals surface area contributed by atoms with Crippen molar-refractivity contribution in [2.45, 2.75) is 6.92 Å². The van der Waals surface area contributed by atoms with Gasteiger partial charge in [0.05, 0.1) is 11.9 Å². The monoisotopic (exact) mass is 335 g/mol. The molecule has 3 aromatic rings. The van der Waals surface area contributed by atoms with Crippen LogP contribution in [-0.4, -0.2) is 22.2 Å². The molecule has 0 aliphatic rings. The fraction of sp³-hybridized carbons (Fsp3) is 0.100. The van der Waals surface area contributed by atoms with Gasteiger partial charge in [-0.05, 0) is 49.4 Å². The number of hydrogen-bond acceptors (Lipinski definition) is 2. The van der Waals surface area contributed by atoms with Gasteiger partial charge in [-0.15, -0.1) is 0 Å². The third kappa shape index (κ3) is 4.01. The second kappa shape index (κ2) is 7.57. The van der Waals surface area contributed by atoms with E-state index in [9.17, 15) is 9.18 Å². The number of anilines is 1. The number of aromatic nitrogens is 2. The van der Waals surface area contributed by atoms with Crippen LogP contribution in [0, 0.1) is 5.82 Å². The zero-order valence-electron chi connectivity index (χ0n) is 13.8.